The quantitative estimate of drug-likeness (QED) is 0.241. The van der Waals surface area contributed by atoms with Crippen molar-refractivity contribution in [1.29, 1.82) is 0 Å². The van der Waals surface area contributed by atoms with Crippen LogP contribution < -0.4 is 0 Å². The molecule has 0 aliphatic heterocycles. The van der Waals surface area contributed by atoms with Gasteiger partial charge in [0, 0.05) is 32.7 Å². The van der Waals surface area contributed by atoms with Gasteiger partial charge in [0.15, 0.2) is 0 Å². The first-order valence-electron chi connectivity index (χ1n) is 11.9. The molecular weight excluding hydrogens is 444 g/mol. The number of hydrogen-bond acceptors (Lipinski definition) is 1. The van der Waals surface area contributed by atoms with E-state index in [1.54, 1.807) is 0 Å². The third-order valence-electron chi connectivity index (χ3n) is 7.15. The summed E-state index contributed by atoms with van der Waals surface area (Å²) in [6.45, 7) is 0. The Morgan fingerprint density at radius 3 is 2.20 bits per heavy atom. The first kappa shape index (κ1) is 19.0. The monoisotopic (exact) mass is 464 g/mol. The molecule has 8 aromatic rings. The van der Waals surface area contributed by atoms with Gasteiger partial charge >= 0.3 is 0 Å². The van der Waals surface area contributed by atoms with Gasteiger partial charge in [-0.25, -0.2) is 0 Å². The molecule has 3 heteroatoms. The Morgan fingerprint density at radius 1 is 0.486 bits per heavy atom. The van der Waals surface area contributed by atoms with Crippen molar-refractivity contribution in [2.24, 2.45) is 0 Å². The first-order valence-corrected chi connectivity index (χ1v) is 12.7. The van der Waals surface area contributed by atoms with Gasteiger partial charge in [-0.1, -0.05) is 60.7 Å². The minimum Gasteiger partial charge on any atom is -0.317 e. The largest absolute Gasteiger partial charge is 0.317 e. The van der Waals surface area contributed by atoms with Gasteiger partial charge in [-0.2, -0.15) is 0 Å². The smallest absolute Gasteiger partial charge is 0.101 e. The number of fused-ring (bicyclic) bond motifs is 7. The topological polar surface area (TPSA) is 9.86 Å². The standard InChI is InChI=1S/C32H20N2S/c1-2-9-23(10-3-1)33-17-16-25-26-20-27-24-11-5-6-12-29(24)34(30(27)18-21(26)14-15-28(25)33)32-19-22-8-4-7-13-31(22)35-32/h1-20H. The van der Waals surface area contributed by atoms with E-state index in [9.17, 15) is 0 Å². The van der Waals surface area contributed by atoms with Gasteiger partial charge in [-0.15, -0.1) is 11.3 Å². The predicted molar refractivity (Wildman–Crippen MR) is 151 cm³/mol. The summed E-state index contributed by atoms with van der Waals surface area (Å²) < 4.78 is 6.03. The zero-order valence-electron chi connectivity index (χ0n) is 18.8. The van der Waals surface area contributed by atoms with Crippen molar-refractivity contribution < 1.29 is 0 Å². The SMILES string of the molecule is c1ccc(-n2ccc3c4cc5c6ccccc6n(-c6cc7ccccc7s6)c5cc4ccc32)cc1. The van der Waals surface area contributed by atoms with Crippen LogP contribution >= 0.6 is 11.3 Å². The second-order valence-corrected chi connectivity index (χ2v) is 10.1. The summed E-state index contributed by atoms with van der Waals surface area (Å²) in [5, 5.41) is 8.99. The Balaban J connectivity index is 1.46. The molecule has 0 bridgehead atoms. The fourth-order valence-electron chi connectivity index (χ4n) is 5.54. The van der Waals surface area contributed by atoms with Crippen molar-refractivity contribution in [3.63, 3.8) is 0 Å². The summed E-state index contributed by atoms with van der Waals surface area (Å²) in [6.07, 6.45) is 2.18. The fraction of sp³-hybridized carbons (Fsp3) is 0. The van der Waals surface area contributed by atoms with E-state index in [2.05, 4.69) is 131 Å². The lowest BCUT2D eigenvalue weighted by atomic mass is 10.0. The van der Waals surface area contributed by atoms with Gasteiger partial charge < -0.3 is 9.13 Å². The maximum Gasteiger partial charge on any atom is 0.101 e. The van der Waals surface area contributed by atoms with Crippen LogP contribution in [0.25, 0.3) is 64.3 Å². The lowest BCUT2D eigenvalue weighted by molar-refractivity contribution is 1.13. The molecule has 0 unspecified atom stereocenters. The third-order valence-corrected chi connectivity index (χ3v) is 8.25. The van der Waals surface area contributed by atoms with Gasteiger partial charge in [-0.3, -0.25) is 0 Å². The average Bonchev–Trinajstić information content (AvgIpc) is 3.61. The minimum atomic E-state index is 1.18. The average molecular weight is 465 g/mol. The summed E-state index contributed by atoms with van der Waals surface area (Å²) >= 11 is 1.85. The highest BCUT2D eigenvalue weighted by Crippen LogP contribution is 2.39. The molecule has 0 N–H and O–H groups in total. The number of aromatic nitrogens is 2. The molecule has 2 nitrogen and oxygen atoms in total. The molecule has 0 aliphatic rings. The third kappa shape index (κ3) is 2.70. The van der Waals surface area contributed by atoms with Crippen molar-refractivity contribution in [1.82, 2.24) is 9.13 Å². The molecule has 0 fully saturated rings. The molecule has 0 radical (unpaired) electrons. The lowest BCUT2D eigenvalue weighted by Gasteiger charge is -2.08. The van der Waals surface area contributed by atoms with Gasteiger partial charge in [0.25, 0.3) is 0 Å². The fourth-order valence-corrected chi connectivity index (χ4v) is 6.63. The van der Waals surface area contributed by atoms with Gasteiger partial charge in [0.05, 0.1) is 16.6 Å². The molecular formula is C32H20N2S. The zero-order chi connectivity index (χ0) is 22.9. The highest BCUT2D eigenvalue weighted by Gasteiger charge is 2.16. The molecule has 35 heavy (non-hydrogen) atoms. The van der Waals surface area contributed by atoms with E-state index in [-0.39, 0.29) is 0 Å². The molecule has 8 rings (SSSR count). The molecule has 0 saturated heterocycles. The van der Waals surface area contributed by atoms with Crippen molar-refractivity contribution >= 4 is 64.9 Å². The highest BCUT2D eigenvalue weighted by molar-refractivity contribution is 7.21. The summed E-state index contributed by atoms with van der Waals surface area (Å²) in [7, 11) is 0. The van der Waals surface area contributed by atoms with Crippen LogP contribution in [0.1, 0.15) is 0 Å². The summed E-state index contributed by atoms with van der Waals surface area (Å²) in [5.41, 5.74) is 4.93. The molecule has 164 valence electrons. The highest BCUT2D eigenvalue weighted by atomic mass is 32.1. The number of para-hydroxylation sites is 2. The second-order valence-electron chi connectivity index (χ2n) is 9.09. The van der Waals surface area contributed by atoms with E-state index in [0.717, 1.165) is 0 Å². The summed E-state index contributed by atoms with van der Waals surface area (Å²) in [4.78, 5) is 0. The molecule has 0 atom stereocenters. The number of rotatable bonds is 2. The van der Waals surface area contributed by atoms with Crippen LogP contribution in [0.2, 0.25) is 0 Å². The Kier molecular flexibility index (Phi) is 3.85. The van der Waals surface area contributed by atoms with Crippen LogP contribution in [0.4, 0.5) is 0 Å². The first-order chi connectivity index (χ1) is 17.3. The van der Waals surface area contributed by atoms with Crippen LogP contribution in [0, 0.1) is 0 Å². The Bertz CT molecular complexity index is 2020. The van der Waals surface area contributed by atoms with Gasteiger partial charge in [0.1, 0.15) is 5.00 Å². The number of benzene rings is 5. The summed E-state index contributed by atoms with van der Waals surface area (Å²) in [6, 6.07) is 41.8. The molecule has 0 saturated carbocycles. The van der Waals surface area contributed by atoms with Crippen molar-refractivity contribution in [2.45, 2.75) is 0 Å². The minimum absolute atomic E-state index is 1.18. The predicted octanol–water partition coefficient (Wildman–Crippen LogP) is 9.10. The number of hydrogen-bond donors (Lipinski definition) is 0. The van der Waals surface area contributed by atoms with Crippen molar-refractivity contribution in [2.75, 3.05) is 0 Å². The molecule has 0 amide bonds. The zero-order valence-corrected chi connectivity index (χ0v) is 19.7. The molecule has 0 aliphatic carbocycles. The molecule has 3 heterocycles. The van der Waals surface area contributed by atoms with Crippen molar-refractivity contribution in [3.05, 3.63) is 121 Å². The van der Waals surface area contributed by atoms with E-state index in [0.29, 0.717) is 0 Å². The normalized spacial score (nSPS) is 12.0. The number of nitrogens with zero attached hydrogens (tertiary/aromatic N) is 2. The van der Waals surface area contributed by atoms with Crippen LogP contribution in [-0.2, 0) is 0 Å². The number of thiophene rings is 1. The van der Waals surface area contributed by atoms with E-state index in [1.165, 1.54) is 64.3 Å². The van der Waals surface area contributed by atoms with Gasteiger partial charge in [-0.05, 0) is 70.8 Å². The van der Waals surface area contributed by atoms with Crippen LogP contribution in [-0.4, -0.2) is 9.13 Å². The maximum atomic E-state index is 2.44. The van der Waals surface area contributed by atoms with Crippen LogP contribution in [0.3, 0.4) is 0 Å². The molecule has 3 aromatic heterocycles. The Morgan fingerprint density at radius 2 is 1.29 bits per heavy atom. The Labute approximate surface area is 205 Å². The Hall–Kier alpha value is -4.34. The van der Waals surface area contributed by atoms with E-state index >= 15 is 0 Å². The molecule has 0 spiro atoms. The van der Waals surface area contributed by atoms with Crippen LogP contribution in [0.15, 0.2) is 121 Å². The van der Waals surface area contributed by atoms with Crippen LogP contribution in [0.5, 0.6) is 0 Å². The van der Waals surface area contributed by atoms with Gasteiger partial charge in [0.2, 0.25) is 0 Å². The van der Waals surface area contributed by atoms with Crippen molar-refractivity contribution in [3.8, 4) is 10.7 Å². The lowest BCUT2D eigenvalue weighted by Crippen LogP contribution is -1.91. The second kappa shape index (κ2) is 7.08. The van der Waals surface area contributed by atoms with E-state index in [4.69, 9.17) is 0 Å². The molecule has 5 aromatic carbocycles. The van der Waals surface area contributed by atoms with E-state index in [1.807, 2.05) is 11.3 Å². The maximum absolute atomic E-state index is 2.44. The van der Waals surface area contributed by atoms with E-state index < -0.39 is 0 Å². The summed E-state index contributed by atoms with van der Waals surface area (Å²) in [5.74, 6) is 0.